The average molecular weight is 247 g/mol. The highest BCUT2D eigenvalue weighted by Crippen LogP contribution is 2.21. The van der Waals surface area contributed by atoms with Crippen molar-refractivity contribution in [3.05, 3.63) is 33.5 Å². The van der Waals surface area contributed by atoms with Gasteiger partial charge in [0.15, 0.2) is 0 Å². The molecule has 0 heterocycles. The second-order valence-corrected chi connectivity index (χ2v) is 3.41. The van der Waals surface area contributed by atoms with Gasteiger partial charge in [-0.25, -0.2) is 9.18 Å². The Kier molecular flexibility index (Phi) is 3.03. The quantitative estimate of drug-likeness (QED) is 0.713. The molecule has 0 atom stereocenters. The summed E-state index contributed by atoms with van der Waals surface area (Å²) in [6, 6.07) is 2.69. The number of carbonyl (C=O) groups excluding carboxylic acids is 1. The summed E-state index contributed by atoms with van der Waals surface area (Å²) in [4.78, 5) is 11.0. The first-order valence-corrected chi connectivity index (χ1v) is 4.39. The van der Waals surface area contributed by atoms with Crippen molar-refractivity contribution >= 4 is 21.9 Å². The van der Waals surface area contributed by atoms with E-state index in [0.717, 1.165) is 6.07 Å². The van der Waals surface area contributed by atoms with Gasteiger partial charge >= 0.3 is 5.97 Å². The van der Waals surface area contributed by atoms with Gasteiger partial charge in [0.05, 0.1) is 12.7 Å². The van der Waals surface area contributed by atoms with Gasteiger partial charge in [0.1, 0.15) is 5.82 Å². The lowest BCUT2D eigenvalue weighted by Crippen LogP contribution is -2.02. The highest BCUT2D eigenvalue weighted by atomic mass is 79.9. The van der Waals surface area contributed by atoms with Crippen LogP contribution < -0.4 is 0 Å². The molecule has 0 spiro atoms. The molecule has 13 heavy (non-hydrogen) atoms. The number of esters is 1. The van der Waals surface area contributed by atoms with Crippen LogP contribution in [0, 0.1) is 12.7 Å². The predicted octanol–water partition coefficient (Wildman–Crippen LogP) is 2.68. The van der Waals surface area contributed by atoms with Crippen LogP contribution in [-0.2, 0) is 4.74 Å². The van der Waals surface area contributed by atoms with Crippen LogP contribution in [0.2, 0.25) is 0 Å². The number of ether oxygens (including phenoxy) is 1. The van der Waals surface area contributed by atoms with Gasteiger partial charge in [-0.05, 0) is 24.6 Å². The molecule has 0 aromatic heterocycles. The molecule has 0 unspecified atom stereocenters. The lowest BCUT2D eigenvalue weighted by molar-refractivity contribution is 0.0600. The van der Waals surface area contributed by atoms with E-state index in [9.17, 15) is 9.18 Å². The summed E-state index contributed by atoms with van der Waals surface area (Å²) in [5, 5.41) is 0. The van der Waals surface area contributed by atoms with E-state index in [4.69, 9.17) is 0 Å². The zero-order valence-corrected chi connectivity index (χ0v) is 8.81. The van der Waals surface area contributed by atoms with Crippen LogP contribution in [0.1, 0.15) is 15.9 Å². The van der Waals surface area contributed by atoms with E-state index in [-0.39, 0.29) is 5.56 Å². The number of halogens is 2. The molecule has 1 aromatic carbocycles. The fourth-order valence-electron chi connectivity index (χ4n) is 0.881. The van der Waals surface area contributed by atoms with Gasteiger partial charge in [-0.15, -0.1) is 0 Å². The minimum Gasteiger partial charge on any atom is -0.465 e. The van der Waals surface area contributed by atoms with Crippen molar-refractivity contribution in [3.8, 4) is 0 Å². The maximum atomic E-state index is 13.1. The molecule has 2 nitrogen and oxygen atoms in total. The maximum Gasteiger partial charge on any atom is 0.337 e. The third-order valence-corrected chi connectivity index (χ3v) is 2.53. The largest absolute Gasteiger partial charge is 0.465 e. The predicted molar refractivity (Wildman–Crippen MR) is 50.2 cm³/mol. The van der Waals surface area contributed by atoms with Gasteiger partial charge in [-0.1, -0.05) is 15.9 Å². The van der Waals surface area contributed by atoms with E-state index in [2.05, 4.69) is 20.7 Å². The number of hydrogen-bond donors (Lipinski definition) is 0. The molecule has 1 aromatic rings. The van der Waals surface area contributed by atoms with E-state index in [1.165, 1.54) is 13.2 Å². The van der Waals surface area contributed by atoms with Crippen LogP contribution in [0.25, 0.3) is 0 Å². The van der Waals surface area contributed by atoms with Gasteiger partial charge in [0, 0.05) is 4.47 Å². The second-order valence-electron chi connectivity index (χ2n) is 2.56. The molecule has 0 amide bonds. The molecular weight excluding hydrogens is 239 g/mol. The van der Waals surface area contributed by atoms with Crippen molar-refractivity contribution in [2.75, 3.05) is 7.11 Å². The van der Waals surface area contributed by atoms with E-state index in [1.807, 2.05) is 0 Å². The van der Waals surface area contributed by atoms with E-state index < -0.39 is 11.8 Å². The average Bonchev–Trinajstić information content (AvgIpc) is 2.12. The fraction of sp³-hybridized carbons (Fsp3) is 0.222. The van der Waals surface area contributed by atoms with Crippen molar-refractivity contribution in [1.29, 1.82) is 0 Å². The van der Waals surface area contributed by atoms with Crippen LogP contribution in [0.5, 0.6) is 0 Å². The Morgan fingerprint density at radius 3 is 2.62 bits per heavy atom. The van der Waals surface area contributed by atoms with Crippen molar-refractivity contribution in [2.45, 2.75) is 6.92 Å². The van der Waals surface area contributed by atoms with Gasteiger partial charge in [-0.2, -0.15) is 0 Å². The van der Waals surface area contributed by atoms with Gasteiger partial charge in [-0.3, -0.25) is 0 Å². The smallest absolute Gasteiger partial charge is 0.337 e. The molecule has 70 valence electrons. The zero-order valence-electron chi connectivity index (χ0n) is 7.23. The van der Waals surface area contributed by atoms with E-state index in [1.54, 1.807) is 6.92 Å². The summed E-state index contributed by atoms with van der Waals surface area (Å²) in [6.07, 6.45) is 0. The summed E-state index contributed by atoms with van der Waals surface area (Å²) in [6.45, 7) is 1.63. The summed E-state index contributed by atoms with van der Waals surface area (Å²) in [5.41, 5.74) is 0.685. The molecule has 0 radical (unpaired) electrons. The van der Waals surface area contributed by atoms with Gasteiger partial charge in [0.25, 0.3) is 0 Å². The molecular formula is C9H8BrFO2. The minimum atomic E-state index is -0.542. The Hall–Kier alpha value is -0.900. The van der Waals surface area contributed by atoms with Crippen molar-refractivity contribution in [1.82, 2.24) is 0 Å². The normalized spacial score (nSPS) is 9.85. The molecule has 0 aliphatic heterocycles. The Morgan fingerprint density at radius 2 is 2.15 bits per heavy atom. The van der Waals surface area contributed by atoms with Crippen molar-refractivity contribution < 1.29 is 13.9 Å². The third-order valence-electron chi connectivity index (χ3n) is 1.70. The monoisotopic (exact) mass is 246 g/mol. The van der Waals surface area contributed by atoms with E-state index >= 15 is 0 Å². The standard InChI is InChI=1S/C9H8BrFO2/c1-5-7(10)3-6(4-8(5)11)9(12)13-2/h3-4H,1-2H3. The molecule has 0 N–H and O–H groups in total. The first kappa shape index (κ1) is 10.2. The van der Waals surface area contributed by atoms with Gasteiger partial charge in [0.2, 0.25) is 0 Å². The Balaban J connectivity index is 3.20. The first-order chi connectivity index (χ1) is 6.06. The number of carbonyl (C=O) groups is 1. The highest BCUT2D eigenvalue weighted by Gasteiger charge is 2.10. The third kappa shape index (κ3) is 2.06. The Morgan fingerprint density at radius 1 is 1.54 bits per heavy atom. The molecule has 0 aliphatic rings. The van der Waals surface area contributed by atoms with Crippen molar-refractivity contribution in [2.24, 2.45) is 0 Å². The first-order valence-electron chi connectivity index (χ1n) is 3.60. The van der Waals surface area contributed by atoms with Crippen LogP contribution in [0.3, 0.4) is 0 Å². The van der Waals surface area contributed by atoms with Crippen LogP contribution >= 0.6 is 15.9 Å². The van der Waals surface area contributed by atoms with Crippen LogP contribution in [0.4, 0.5) is 4.39 Å². The van der Waals surface area contributed by atoms with Gasteiger partial charge < -0.3 is 4.74 Å². The molecule has 1 rings (SSSR count). The molecule has 4 heteroatoms. The molecule has 0 fully saturated rings. The number of rotatable bonds is 1. The number of hydrogen-bond acceptors (Lipinski definition) is 2. The highest BCUT2D eigenvalue weighted by molar-refractivity contribution is 9.10. The minimum absolute atomic E-state index is 0.206. The fourth-order valence-corrected chi connectivity index (χ4v) is 1.32. The summed E-state index contributed by atoms with van der Waals surface area (Å²) in [7, 11) is 1.26. The number of methoxy groups -OCH3 is 1. The summed E-state index contributed by atoms with van der Waals surface area (Å²) >= 11 is 3.15. The Labute approximate surface area is 83.8 Å². The maximum absolute atomic E-state index is 13.1. The second kappa shape index (κ2) is 3.87. The Bertz CT molecular complexity index is 326. The lowest BCUT2D eigenvalue weighted by Gasteiger charge is -2.03. The SMILES string of the molecule is COC(=O)c1cc(F)c(C)c(Br)c1. The lowest BCUT2D eigenvalue weighted by atomic mass is 10.1. The topological polar surface area (TPSA) is 26.3 Å². The van der Waals surface area contributed by atoms with Crippen LogP contribution in [-0.4, -0.2) is 13.1 Å². The molecule has 0 saturated heterocycles. The number of benzene rings is 1. The molecule has 0 saturated carbocycles. The molecule has 0 aliphatic carbocycles. The molecule has 0 bridgehead atoms. The van der Waals surface area contributed by atoms with Crippen molar-refractivity contribution in [3.63, 3.8) is 0 Å². The summed E-state index contributed by atoms with van der Waals surface area (Å²) < 4.78 is 18.1. The zero-order chi connectivity index (χ0) is 10.0. The van der Waals surface area contributed by atoms with Crippen LogP contribution in [0.15, 0.2) is 16.6 Å². The van der Waals surface area contributed by atoms with E-state index in [0.29, 0.717) is 10.0 Å². The summed E-state index contributed by atoms with van der Waals surface area (Å²) in [5.74, 6) is -0.964.